The number of hydrogen-bond donors (Lipinski definition) is 1. The van der Waals surface area contributed by atoms with Crippen molar-refractivity contribution >= 4 is 12.1 Å². The maximum absolute atomic E-state index is 12.8. The van der Waals surface area contributed by atoms with Crippen LogP contribution in [0.4, 0.5) is 4.79 Å². The topological polar surface area (TPSA) is 85.3 Å². The summed E-state index contributed by atoms with van der Waals surface area (Å²) in [6.45, 7) is 7.61. The normalized spacial score (nSPS) is 11.6. The van der Waals surface area contributed by atoms with Gasteiger partial charge in [0.15, 0.2) is 6.10 Å². The number of carbonyl (C=O) groups is 2. The first-order chi connectivity index (χ1) is 16.9. The van der Waals surface area contributed by atoms with E-state index in [4.69, 9.17) is 14.2 Å². The molecule has 0 aliphatic heterocycles. The van der Waals surface area contributed by atoms with Gasteiger partial charge >= 0.3 is 12.1 Å². The maximum Gasteiger partial charge on any atom is 0.415 e. The maximum atomic E-state index is 12.8. The fourth-order valence-corrected chi connectivity index (χ4v) is 3.67. The monoisotopic (exact) mass is 485 g/mol. The first kappa shape index (κ1) is 28.2. The van der Waals surface area contributed by atoms with Crippen molar-refractivity contribution in [3.8, 4) is 11.5 Å². The van der Waals surface area contributed by atoms with Crippen LogP contribution in [0.3, 0.4) is 0 Å². The lowest BCUT2D eigenvalue weighted by Crippen LogP contribution is -2.37. The average molecular weight is 486 g/mol. The van der Waals surface area contributed by atoms with Crippen molar-refractivity contribution in [1.82, 2.24) is 4.90 Å². The first-order valence-corrected chi connectivity index (χ1v) is 12.5. The van der Waals surface area contributed by atoms with Crippen LogP contribution >= 0.6 is 0 Å². The molecule has 0 saturated carbocycles. The number of ether oxygens (including phenoxy) is 3. The average Bonchev–Trinajstić information content (AvgIpc) is 2.83. The molecule has 0 heterocycles. The molecule has 1 N–H and O–H groups in total. The standard InChI is InChI=1S/C28H39NO6/c1-4-6-7-8-9-17-29(28(32)35-25-12-10-11-22(3)20-25)18-19-34-24-15-13-23(14-16-24)21-26(27(30)31)33-5-2/h10-16,20,26H,4-9,17-19,21H2,1-3H3,(H,30,31). The second-order valence-corrected chi connectivity index (χ2v) is 8.56. The molecule has 2 aromatic rings. The zero-order valence-electron chi connectivity index (χ0n) is 21.2. The van der Waals surface area contributed by atoms with E-state index in [2.05, 4.69) is 6.92 Å². The van der Waals surface area contributed by atoms with Crippen LogP contribution in [0.25, 0.3) is 0 Å². The number of unbranched alkanes of at least 4 members (excludes halogenated alkanes) is 4. The van der Waals surface area contributed by atoms with Gasteiger partial charge in [-0.05, 0) is 55.7 Å². The Morgan fingerprint density at radius 3 is 2.34 bits per heavy atom. The van der Waals surface area contributed by atoms with E-state index < -0.39 is 12.1 Å². The molecule has 1 atom stereocenters. The molecule has 1 amide bonds. The fourth-order valence-electron chi connectivity index (χ4n) is 3.67. The summed E-state index contributed by atoms with van der Waals surface area (Å²) in [5.41, 5.74) is 1.89. The first-order valence-electron chi connectivity index (χ1n) is 12.5. The second kappa shape index (κ2) is 15.8. The molecule has 0 aliphatic carbocycles. The van der Waals surface area contributed by atoms with Crippen LogP contribution in [0, 0.1) is 6.92 Å². The lowest BCUT2D eigenvalue weighted by molar-refractivity contribution is -0.149. The molecule has 1 unspecified atom stereocenters. The Balaban J connectivity index is 1.90. The molecular weight excluding hydrogens is 446 g/mol. The van der Waals surface area contributed by atoms with Crippen LogP contribution in [0.2, 0.25) is 0 Å². The van der Waals surface area contributed by atoms with Crippen molar-refractivity contribution in [2.75, 3.05) is 26.3 Å². The van der Waals surface area contributed by atoms with Crippen molar-refractivity contribution in [3.63, 3.8) is 0 Å². The molecule has 0 radical (unpaired) electrons. The summed E-state index contributed by atoms with van der Waals surface area (Å²) in [5.74, 6) is 0.223. The Kier molecular flexibility index (Phi) is 12.7. The number of hydrogen-bond acceptors (Lipinski definition) is 5. The van der Waals surface area contributed by atoms with E-state index in [9.17, 15) is 14.7 Å². The molecule has 0 fully saturated rings. The van der Waals surface area contributed by atoms with Crippen LogP contribution in [-0.4, -0.2) is 54.5 Å². The van der Waals surface area contributed by atoms with E-state index in [1.165, 1.54) is 12.8 Å². The summed E-state index contributed by atoms with van der Waals surface area (Å²) < 4.78 is 16.7. The third-order valence-corrected chi connectivity index (χ3v) is 5.60. The Bertz CT molecular complexity index is 899. The number of carboxylic acid groups (broad SMARTS) is 1. The predicted molar refractivity (Wildman–Crippen MR) is 136 cm³/mol. The number of rotatable bonds is 16. The number of aliphatic carboxylic acids is 1. The van der Waals surface area contributed by atoms with E-state index in [1.54, 1.807) is 30.0 Å². The summed E-state index contributed by atoms with van der Waals surface area (Å²) in [5, 5.41) is 9.25. The minimum absolute atomic E-state index is 0.292. The van der Waals surface area contributed by atoms with E-state index >= 15 is 0 Å². The van der Waals surface area contributed by atoms with Crippen LogP contribution < -0.4 is 9.47 Å². The highest BCUT2D eigenvalue weighted by molar-refractivity contribution is 5.72. The van der Waals surface area contributed by atoms with E-state index in [0.29, 0.717) is 44.2 Å². The summed E-state index contributed by atoms with van der Waals surface area (Å²) >= 11 is 0. The van der Waals surface area contributed by atoms with Crippen molar-refractivity contribution in [2.45, 2.75) is 65.4 Å². The van der Waals surface area contributed by atoms with Gasteiger partial charge in [-0.15, -0.1) is 0 Å². The van der Waals surface area contributed by atoms with Gasteiger partial charge in [0, 0.05) is 19.6 Å². The number of nitrogens with zero attached hydrogens (tertiary/aromatic N) is 1. The summed E-state index contributed by atoms with van der Waals surface area (Å²) in [6, 6.07) is 14.7. The van der Waals surface area contributed by atoms with Gasteiger partial charge in [0.25, 0.3) is 0 Å². The Hall–Kier alpha value is -3.06. The molecular formula is C28H39NO6. The number of aryl methyl sites for hydroxylation is 1. The smallest absolute Gasteiger partial charge is 0.415 e. The summed E-state index contributed by atoms with van der Waals surface area (Å²) in [4.78, 5) is 25.8. The highest BCUT2D eigenvalue weighted by Gasteiger charge is 2.18. The zero-order valence-corrected chi connectivity index (χ0v) is 21.2. The minimum atomic E-state index is -0.973. The molecule has 2 rings (SSSR count). The zero-order chi connectivity index (χ0) is 25.5. The molecule has 7 nitrogen and oxygen atoms in total. The Labute approximate surface area is 209 Å². The lowest BCUT2D eigenvalue weighted by atomic mass is 10.1. The number of carboxylic acids is 1. The quantitative estimate of drug-likeness (QED) is 0.299. The second-order valence-electron chi connectivity index (χ2n) is 8.56. The van der Waals surface area contributed by atoms with Crippen molar-refractivity contribution in [2.24, 2.45) is 0 Å². The summed E-state index contributed by atoms with van der Waals surface area (Å²) in [7, 11) is 0. The van der Waals surface area contributed by atoms with Crippen LogP contribution in [-0.2, 0) is 16.0 Å². The van der Waals surface area contributed by atoms with Crippen LogP contribution in [0.1, 0.15) is 57.1 Å². The van der Waals surface area contributed by atoms with Crippen molar-refractivity contribution < 1.29 is 28.9 Å². The number of carbonyl (C=O) groups excluding carboxylic acids is 1. The van der Waals surface area contributed by atoms with Gasteiger partial charge in [-0.3, -0.25) is 0 Å². The largest absolute Gasteiger partial charge is 0.492 e. The molecule has 192 valence electrons. The molecule has 0 bridgehead atoms. The molecule has 0 spiro atoms. The number of benzene rings is 2. The van der Waals surface area contributed by atoms with E-state index in [0.717, 1.165) is 30.4 Å². The van der Waals surface area contributed by atoms with E-state index in [1.807, 2.05) is 37.3 Å². The predicted octanol–water partition coefficient (Wildman–Crippen LogP) is 5.88. The van der Waals surface area contributed by atoms with Gasteiger partial charge in [-0.1, -0.05) is 56.9 Å². The Morgan fingerprint density at radius 1 is 0.943 bits per heavy atom. The summed E-state index contributed by atoms with van der Waals surface area (Å²) in [6.07, 6.45) is 4.58. The van der Waals surface area contributed by atoms with Gasteiger partial charge in [0.2, 0.25) is 0 Å². The van der Waals surface area contributed by atoms with Crippen molar-refractivity contribution in [1.29, 1.82) is 0 Å². The molecule has 35 heavy (non-hydrogen) atoms. The van der Waals surface area contributed by atoms with Gasteiger partial charge in [-0.25, -0.2) is 9.59 Å². The van der Waals surface area contributed by atoms with Gasteiger partial charge in [-0.2, -0.15) is 0 Å². The van der Waals surface area contributed by atoms with Gasteiger partial charge < -0.3 is 24.2 Å². The molecule has 0 saturated heterocycles. The molecule has 0 aromatic heterocycles. The molecule has 2 aromatic carbocycles. The molecule has 0 aliphatic rings. The third-order valence-electron chi connectivity index (χ3n) is 5.60. The SMILES string of the molecule is CCCCCCCN(CCOc1ccc(CC(OCC)C(=O)O)cc1)C(=O)Oc1cccc(C)c1. The molecule has 7 heteroatoms. The third kappa shape index (κ3) is 10.8. The highest BCUT2D eigenvalue weighted by atomic mass is 16.6. The lowest BCUT2D eigenvalue weighted by Gasteiger charge is -2.22. The van der Waals surface area contributed by atoms with Crippen LogP contribution in [0.5, 0.6) is 11.5 Å². The van der Waals surface area contributed by atoms with Crippen molar-refractivity contribution in [3.05, 3.63) is 59.7 Å². The van der Waals surface area contributed by atoms with Gasteiger partial charge in [0.1, 0.15) is 18.1 Å². The minimum Gasteiger partial charge on any atom is -0.492 e. The highest BCUT2D eigenvalue weighted by Crippen LogP contribution is 2.16. The fraction of sp³-hybridized carbons (Fsp3) is 0.500. The van der Waals surface area contributed by atoms with E-state index in [-0.39, 0.29) is 6.09 Å². The van der Waals surface area contributed by atoms with Crippen LogP contribution in [0.15, 0.2) is 48.5 Å². The number of amides is 1. The Morgan fingerprint density at radius 2 is 1.69 bits per heavy atom. The van der Waals surface area contributed by atoms with Gasteiger partial charge in [0.05, 0.1) is 6.54 Å².